The number of amides is 1. The van der Waals surface area contributed by atoms with Crippen LogP contribution in [0.1, 0.15) is 27.2 Å². The van der Waals surface area contributed by atoms with Crippen molar-refractivity contribution in [1.82, 2.24) is 20.3 Å². The summed E-state index contributed by atoms with van der Waals surface area (Å²) in [6, 6.07) is 5.98. The molecule has 7 heteroatoms. The second kappa shape index (κ2) is 7.90. The van der Waals surface area contributed by atoms with Crippen molar-refractivity contribution in [2.45, 2.75) is 39.8 Å². The average molecular weight is 334 g/mol. The largest absolute Gasteiger partial charge is 0.488 e. The molecule has 24 heavy (non-hydrogen) atoms. The number of ether oxygens (including phenoxy) is 1. The smallest absolute Gasteiger partial charge is 0.222 e. The minimum absolute atomic E-state index is 0.109. The van der Waals surface area contributed by atoms with E-state index in [0.717, 1.165) is 0 Å². The van der Waals surface area contributed by atoms with Gasteiger partial charge in [0.2, 0.25) is 5.91 Å². The highest BCUT2D eigenvalue weighted by atomic mass is 19.1. The Labute approximate surface area is 141 Å². The normalized spacial score (nSPS) is 12.7. The number of aromatic nitrogens is 3. The Morgan fingerprint density at radius 2 is 2.12 bits per heavy atom. The fourth-order valence-electron chi connectivity index (χ4n) is 2.08. The first kappa shape index (κ1) is 17.9. The highest BCUT2D eigenvalue weighted by molar-refractivity contribution is 5.76. The molecule has 0 spiro atoms. The van der Waals surface area contributed by atoms with Gasteiger partial charge in [0.25, 0.3) is 0 Å². The van der Waals surface area contributed by atoms with Gasteiger partial charge in [-0.2, -0.15) is 0 Å². The van der Waals surface area contributed by atoms with Gasteiger partial charge in [0.05, 0.1) is 18.8 Å². The lowest BCUT2D eigenvalue weighted by Crippen LogP contribution is -2.47. The Balaban J connectivity index is 1.90. The van der Waals surface area contributed by atoms with Crippen LogP contribution in [0.3, 0.4) is 0 Å². The number of hydrogen-bond donors (Lipinski definition) is 1. The van der Waals surface area contributed by atoms with E-state index in [-0.39, 0.29) is 36.1 Å². The summed E-state index contributed by atoms with van der Waals surface area (Å²) in [4.78, 5) is 12.2. The summed E-state index contributed by atoms with van der Waals surface area (Å²) in [6.45, 7) is 6.65. The Kier molecular flexibility index (Phi) is 5.89. The molecule has 1 aromatic heterocycles. The van der Waals surface area contributed by atoms with Gasteiger partial charge in [-0.05, 0) is 17.5 Å². The summed E-state index contributed by atoms with van der Waals surface area (Å²) in [5.74, 6) is -0.339. The van der Waals surface area contributed by atoms with E-state index in [1.165, 1.54) is 6.07 Å². The Hall–Kier alpha value is -2.44. The highest BCUT2D eigenvalue weighted by Crippen LogP contribution is 2.22. The molecule has 1 aromatic carbocycles. The molecule has 0 fully saturated rings. The third kappa shape index (κ3) is 5.33. The van der Waals surface area contributed by atoms with Crippen LogP contribution < -0.4 is 10.1 Å². The van der Waals surface area contributed by atoms with Gasteiger partial charge in [-0.15, -0.1) is 5.10 Å². The topological polar surface area (TPSA) is 69.0 Å². The van der Waals surface area contributed by atoms with Crippen LogP contribution >= 0.6 is 0 Å². The van der Waals surface area contributed by atoms with E-state index >= 15 is 0 Å². The fourth-order valence-corrected chi connectivity index (χ4v) is 2.08. The highest BCUT2D eigenvalue weighted by Gasteiger charge is 2.27. The standard InChI is InChI=1S/C17H23FN4O2/c1-17(2,3)15(12-24-14-7-5-4-6-13(14)18)20-16(23)8-10-22-11-9-19-21-22/h4-7,9,11,15H,8,10,12H2,1-3H3,(H,20,23). The number of rotatable bonds is 7. The molecule has 0 radical (unpaired) electrons. The van der Waals surface area contributed by atoms with E-state index < -0.39 is 5.82 Å². The summed E-state index contributed by atoms with van der Waals surface area (Å²) in [5.41, 5.74) is -0.228. The zero-order valence-electron chi connectivity index (χ0n) is 14.2. The Bertz CT molecular complexity index is 653. The quantitative estimate of drug-likeness (QED) is 0.844. The summed E-state index contributed by atoms with van der Waals surface area (Å²) in [5, 5.41) is 10.5. The summed E-state index contributed by atoms with van der Waals surface area (Å²) >= 11 is 0. The van der Waals surface area contributed by atoms with Crippen molar-refractivity contribution in [3.8, 4) is 5.75 Å². The minimum Gasteiger partial charge on any atom is -0.488 e. The molecule has 0 aliphatic carbocycles. The van der Waals surface area contributed by atoms with Crippen molar-refractivity contribution in [1.29, 1.82) is 0 Å². The lowest BCUT2D eigenvalue weighted by Gasteiger charge is -2.31. The van der Waals surface area contributed by atoms with Gasteiger partial charge in [-0.25, -0.2) is 4.39 Å². The number of nitrogens with one attached hydrogen (secondary N) is 1. The molecule has 2 aromatic rings. The molecule has 1 N–H and O–H groups in total. The molecule has 1 heterocycles. The van der Waals surface area contributed by atoms with Crippen LogP contribution in [0.15, 0.2) is 36.7 Å². The summed E-state index contributed by atoms with van der Waals surface area (Å²) < 4.78 is 20.8. The zero-order valence-corrected chi connectivity index (χ0v) is 14.2. The molecule has 0 bridgehead atoms. The van der Waals surface area contributed by atoms with Crippen LogP contribution in [0.4, 0.5) is 4.39 Å². The Morgan fingerprint density at radius 1 is 1.38 bits per heavy atom. The van der Waals surface area contributed by atoms with Crippen molar-refractivity contribution in [2.24, 2.45) is 5.41 Å². The van der Waals surface area contributed by atoms with E-state index in [2.05, 4.69) is 15.6 Å². The molecule has 6 nitrogen and oxygen atoms in total. The third-order valence-corrected chi connectivity index (χ3v) is 3.66. The van der Waals surface area contributed by atoms with Crippen LogP contribution in [-0.2, 0) is 11.3 Å². The van der Waals surface area contributed by atoms with Crippen LogP contribution in [-0.4, -0.2) is 33.5 Å². The molecule has 1 atom stereocenters. The molecular formula is C17H23FN4O2. The predicted molar refractivity (Wildman–Crippen MR) is 87.9 cm³/mol. The van der Waals surface area contributed by atoms with Gasteiger partial charge in [0.15, 0.2) is 11.6 Å². The van der Waals surface area contributed by atoms with Crippen LogP contribution in [0.5, 0.6) is 5.75 Å². The molecule has 1 amide bonds. The lowest BCUT2D eigenvalue weighted by molar-refractivity contribution is -0.123. The van der Waals surface area contributed by atoms with Gasteiger partial charge >= 0.3 is 0 Å². The van der Waals surface area contributed by atoms with E-state index in [1.807, 2.05) is 20.8 Å². The molecule has 130 valence electrons. The predicted octanol–water partition coefficient (Wildman–Crippen LogP) is 2.42. The summed E-state index contributed by atoms with van der Waals surface area (Å²) in [7, 11) is 0. The zero-order chi connectivity index (χ0) is 17.6. The molecule has 2 rings (SSSR count). The first-order chi connectivity index (χ1) is 11.4. The second-order valence-electron chi connectivity index (χ2n) is 6.64. The van der Waals surface area contributed by atoms with Gasteiger partial charge in [0.1, 0.15) is 6.61 Å². The number of benzene rings is 1. The van der Waals surface area contributed by atoms with Crippen LogP contribution in [0, 0.1) is 11.2 Å². The van der Waals surface area contributed by atoms with E-state index in [1.54, 1.807) is 35.3 Å². The number of para-hydroxylation sites is 1. The van der Waals surface area contributed by atoms with Gasteiger partial charge < -0.3 is 10.1 Å². The molecule has 0 aliphatic rings. The fraction of sp³-hybridized carbons (Fsp3) is 0.471. The third-order valence-electron chi connectivity index (χ3n) is 3.66. The number of aryl methyl sites for hydroxylation is 1. The average Bonchev–Trinajstić information content (AvgIpc) is 3.03. The number of hydrogen-bond acceptors (Lipinski definition) is 4. The molecule has 1 unspecified atom stereocenters. The maximum absolute atomic E-state index is 13.6. The Morgan fingerprint density at radius 3 is 2.75 bits per heavy atom. The van der Waals surface area contributed by atoms with Gasteiger partial charge in [-0.1, -0.05) is 38.1 Å². The van der Waals surface area contributed by atoms with Gasteiger partial charge in [-0.3, -0.25) is 9.48 Å². The number of halogens is 1. The lowest BCUT2D eigenvalue weighted by atomic mass is 9.87. The van der Waals surface area contributed by atoms with Crippen molar-refractivity contribution < 1.29 is 13.9 Å². The van der Waals surface area contributed by atoms with Crippen LogP contribution in [0.25, 0.3) is 0 Å². The van der Waals surface area contributed by atoms with Crippen molar-refractivity contribution in [2.75, 3.05) is 6.61 Å². The maximum Gasteiger partial charge on any atom is 0.222 e. The second-order valence-corrected chi connectivity index (χ2v) is 6.64. The van der Waals surface area contributed by atoms with Crippen LogP contribution in [0.2, 0.25) is 0 Å². The van der Waals surface area contributed by atoms with E-state index in [9.17, 15) is 9.18 Å². The van der Waals surface area contributed by atoms with Gasteiger partial charge in [0, 0.05) is 12.6 Å². The van der Waals surface area contributed by atoms with E-state index in [4.69, 9.17) is 4.74 Å². The molecular weight excluding hydrogens is 311 g/mol. The van der Waals surface area contributed by atoms with Crippen molar-refractivity contribution >= 4 is 5.91 Å². The SMILES string of the molecule is CC(C)(C)C(COc1ccccc1F)NC(=O)CCn1ccnn1. The maximum atomic E-state index is 13.6. The molecule has 0 aliphatic heterocycles. The summed E-state index contributed by atoms with van der Waals surface area (Å²) in [6.07, 6.45) is 3.56. The first-order valence-corrected chi connectivity index (χ1v) is 7.87. The monoisotopic (exact) mass is 334 g/mol. The first-order valence-electron chi connectivity index (χ1n) is 7.87. The van der Waals surface area contributed by atoms with E-state index in [0.29, 0.717) is 6.54 Å². The van der Waals surface area contributed by atoms with Crippen molar-refractivity contribution in [3.63, 3.8) is 0 Å². The minimum atomic E-state index is -0.414. The molecule has 0 saturated carbocycles. The van der Waals surface area contributed by atoms with Crippen molar-refractivity contribution in [3.05, 3.63) is 42.5 Å². The molecule has 0 saturated heterocycles. The number of nitrogens with zero attached hydrogens (tertiary/aromatic N) is 3. The number of carbonyl (C=O) groups is 1. The number of carbonyl (C=O) groups excluding carboxylic acids is 1.